The SMILES string of the molecule is CN1C(=O)C[C@@](C)(C2=CC(c3cncc(C4CC4)c3)CS2)N=C1N. The molecule has 1 aromatic rings. The number of pyridine rings is 1. The third-order valence-corrected chi connectivity index (χ3v) is 6.55. The minimum atomic E-state index is -0.533. The summed E-state index contributed by atoms with van der Waals surface area (Å²) in [5.74, 6) is 2.34. The van der Waals surface area contributed by atoms with Gasteiger partial charge in [-0.2, -0.15) is 0 Å². The van der Waals surface area contributed by atoms with Gasteiger partial charge in [0.05, 0.1) is 6.42 Å². The van der Waals surface area contributed by atoms with Crippen LogP contribution in [0.1, 0.15) is 49.1 Å². The van der Waals surface area contributed by atoms with E-state index in [0.717, 1.165) is 10.7 Å². The van der Waals surface area contributed by atoms with E-state index in [2.05, 4.69) is 22.1 Å². The average Bonchev–Trinajstić information content (AvgIpc) is 3.29. The predicted octanol–water partition coefficient (Wildman–Crippen LogP) is 2.61. The molecular weight excluding hydrogens is 320 g/mol. The normalized spacial score (nSPS) is 30.3. The molecule has 2 aliphatic heterocycles. The van der Waals surface area contributed by atoms with Crippen LogP contribution in [0.5, 0.6) is 0 Å². The van der Waals surface area contributed by atoms with Gasteiger partial charge < -0.3 is 5.73 Å². The molecule has 1 unspecified atom stereocenters. The number of guanidine groups is 1. The highest BCUT2D eigenvalue weighted by Crippen LogP contribution is 2.46. The Labute approximate surface area is 146 Å². The molecule has 6 heteroatoms. The first-order valence-corrected chi connectivity index (χ1v) is 9.37. The molecule has 1 aliphatic carbocycles. The van der Waals surface area contributed by atoms with Crippen molar-refractivity contribution in [1.82, 2.24) is 9.88 Å². The Balaban J connectivity index is 1.61. The quantitative estimate of drug-likeness (QED) is 0.916. The van der Waals surface area contributed by atoms with E-state index >= 15 is 0 Å². The second-order valence-electron chi connectivity index (χ2n) is 7.15. The first kappa shape index (κ1) is 15.7. The molecule has 126 valence electrons. The predicted molar refractivity (Wildman–Crippen MR) is 96.9 cm³/mol. The van der Waals surface area contributed by atoms with Crippen molar-refractivity contribution in [3.63, 3.8) is 0 Å². The highest BCUT2D eigenvalue weighted by atomic mass is 32.2. The topological polar surface area (TPSA) is 71.6 Å². The number of hydrogen-bond acceptors (Lipinski definition) is 5. The highest BCUT2D eigenvalue weighted by molar-refractivity contribution is 8.03. The van der Waals surface area contributed by atoms with Crippen molar-refractivity contribution in [3.8, 4) is 0 Å². The molecule has 2 atom stereocenters. The Morgan fingerprint density at radius 2 is 2.08 bits per heavy atom. The van der Waals surface area contributed by atoms with Crippen LogP contribution in [0.4, 0.5) is 0 Å². The number of hydrogen-bond donors (Lipinski definition) is 1. The van der Waals surface area contributed by atoms with E-state index in [9.17, 15) is 4.79 Å². The van der Waals surface area contributed by atoms with E-state index in [1.807, 2.05) is 19.3 Å². The largest absolute Gasteiger partial charge is 0.369 e. The molecule has 4 rings (SSSR count). The van der Waals surface area contributed by atoms with Crippen LogP contribution in [0.3, 0.4) is 0 Å². The third kappa shape index (κ3) is 2.73. The number of carbonyl (C=O) groups excluding carboxylic acids is 1. The van der Waals surface area contributed by atoms with Crippen molar-refractivity contribution in [2.24, 2.45) is 10.7 Å². The maximum Gasteiger partial charge on any atom is 0.231 e. The molecule has 3 heterocycles. The van der Waals surface area contributed by atoms with Crippen LogP contribution >= 0.6 is 11.8 Å². The third-order valence-electron chi connectivity index (χ3n) is 5.13. The highest BCUT2D eigenvalue weighted by Gasteiger charge is 2.40. The molecule has 2 N–H and O–H groups in total. The Hall–Kier alpha value is -1.82. The Morgan fingerprint density at radius 3 is 2.79 bits per heavy atom. The molecule has 1 fully saturated rings. The van der Waals surface area contributed by atoms with Gasteiger partial charge in [-0.1, -0.05) is 12.1 Å². The minimum Gasteiger partial charge on any atom is -0.369 e. The van der Waals surface area contributed by atoms with Crippen LogP contribution in [0.15, 0.2) is 34.4 Å². The summed E-state index contributed by atoms with van der Waals surface area (Å²) in [6.07, 6.45) is 9.16. The van der Waals surface area contributed by atoms with Gasteiger partial charge in [0.1, 0.15) is 5.54 Å². The van der Waals surface area contributed by atoms with E-state index in [0.29, 0.717) is 24.2 Å². The number of amides is 1. The number of allylic oxidation sites excluding steroid dienone is 1. The molecule has 0 spiro atoms. The summed E-state index contributed by atoms with van der Waals surface area (Å²) in [5, 5.41) is 0. The zero-order chi connectivity index (χ0) is 16.9. The fraction of sp³-hybridized carbons (Fsp3) is 0.500. The molecule has 24 heavy (non-hydrogen) atoms. The Bertz CT molecular complexity index is 755. The van der Waals surface area contributed by atoms with Crippen molar-refractivity contribution < 1.29 is 4.79 Å². The van der Waals surface area contributed by atoms with Crippen molar-refractivity contribution >= 4 is 23.6 Å². The van der Waals surface area contributed by atoms with Crippen molar-refractivity contribution in [3.05, 3.63) is 40.6 Å². The molecule has 1 amide bonds. The average molecular weight is 342 g/mol. The summed E-state index contributed by atoms with van der Waals surface area (Å²) >= 11 is 1.79. The van der Waals surface area contributed by atoms with Gasteiger partial charge in [0.2, 0.25) is 5.91 Å². The van der Waals surface area contributed by atoms with Gasteiger partial charge in [0.15, 0.2) is 5.96 Å². The Kier molecular flexibility index (Phi) is 3.67. The first-order chi connectivity index (χ1) is 11.5. The van der Waals surface area contributed by atoms with Crippen LogP contribution < -0.4 is 5.73 Å². The van der Waals surface area contributed by atoms with Gasteiger partial charge >= 0.3 is 0 Å². The Morgan fingerprint density at radius 1 is 1.33 bits per heavy atom. The lowest BCUT2D eigenvalue weighted by atomic mass is 9.92. The molecule has 0 bridgehead atoms. The summed E-state index contributed by atoms with van der Waals surface area (Å²) in [7, 11) is 1.68. The van der Waals surface area contributed by atoms with E-state index in [1.165, 1.54) is 28.9 Å². The number of carbonyl (C=O) groups is 1. The number of nitrogens with two attached hydrogens (primary N) is 1. The minimum absolute atomic E-state index is 0.0207. The molecule has 3 aliphatic rings. The lowest BCUT2D eigenvalue weighted by Crippen LogP contribution is -2.48. The maximum absolute atomic E-state index is 12.2. The van der Waals surface area contributed by atoms with Crippen molar-refractivity contribution in [1.29, 1.82) is 0 Å². The van der Waals surface area contributed by atoms with Gasteiger partial charge in [0.25, 0.3) is 0 Å². The van der Waals surface area contributed by atoms with Crippen LogP contribution in [0.2, 0.25) is 0 Å². The summed E-state index contributed by atoms with van der Waals surface area (Å²) in [4.78, 5) is 23.8. The summed E-state index contributed by atoms with van der Waals surface area (Å²) < 4.78 is 0. The van der Waals surface area contributed by atoms with Crippen molar-refractivity contribution in [2.75, 3.05) is 12.8 Å². The van der Waals surface area contributed by atoms with Crippen molar-refractivity contribution in [2.45, 2.75) is 43.6 Å². The molecule has 1 aromatic heterocycles. The lowest BCUT2D eigenvalue weighted by molar-refractivity contribution is -0.128. The van der Waals surface area contributed by atoms with Gasteiger partial charge in [-0.15, -0.1) is 11.8 Å². The summed E-state index contributed by atoms with van der Waals surface area (Å²) in [6, 6.07) is 2.30. The fourth-order valence-electron chi connectivity index (χ4n) is 3.36. The number of nitrogens with zero attached hydrogens (tertiary/aromatic N) is 3. The van der Waals surface area contributed by atoms with Gasteiger partial charge in [-0.05, 0) is 36.8 Å². The first-order valence-electron chi connectivity index (χ1n) is 8.38. The number of thioether (sulfide) groups is 1. The molecule has 0 aromatic carbocycles. The maximum atomic E-state index is 12.2. The molecular formula is C18H22N4OS. The van der Waals surface area contributed by atoms with Gasteiger partial charge in [0, 0.05) is 36.0 Å². The zero-order valence-electron chi connectivity index (χ0n) is 14.0. The monoisotopic (exact) mass is 342 g/mol. The molecule has 1 saturated carbocycles. The van der Waals surface area contributed by atoms with E-state index in [1.54, 1.807) is 18.8 Å². The number of rotatable bonds is 3. The second kappa shape index (κ2) is 5.62. The molecule has 0 radical (unpaired) electrons. The standard InChI is InChI=1S/C18H22N4OS/c1-18(7-16(23)22(2)17(19)21-18)15-6-14(10-24-15)13-5-12(8-20-9-13)11-3-4-11/h5-6,8-9,11,14H,3-4,7,10H2,1-2H3,(H2,19,21)/t14?,18-/m0/s1. The second-order valence-corrected chi connectivity index (χ2v) is 8.21. The van der Waals surface area contributed by atoms with Crippen LogP contribution in [0, 0.1) is 0 Å². The van der Waals surface area contributed by atoms with Crippen LogP contribution in [-0.4, -0.2) is 40.1 Å². The molecule has 0 saturated heterocycles. The number of aliphatic imine (C=N–C) groups is 1. The molecule has 5 nitrogen and oxygen atoms in total. The van der Waals surface area contributed by atoms with Crippen LogP contribution in [0.25, 0.3) is 0 Å². The summed E-state index contributed by atoms with van der Waals surface area (Å²) in [6.45, 7) is 2.00. The van der Waals surface area contributed by atoms with E-state index in [-0.39, 0.29) is 5.91 Å². The zero-order valence-corrected chi connectivity index (χ0v) is 14.8. The number of aromatic nitrogens is 1. The van der Waals surface area contributed by atoms with Gasteiger partial charge in [-0.25, -0.2) is 4.99 Å². The lowest BCUT2D eigenvalue weighted by Gasteiger charge is -2.33. The van der Waals surface area contributed by atoms with Crippen LogP contribution in [-0.2, 0) is 4.79 Å². The smallest absolute Gasteiger partial charge is 0.231 e. The van der Waals surface area contributed by atoms with E-state index < -0.39 is 5.54 Å². The summed E-state index contributed by atoms with van der Waals surface area (Å²) in [5.41, 5.74) is 8.02. The van der Waals surface area contributed by atoms with E-state index in [4.69, 9.17) is 5.73 Å². The van der Waals surface area contributed by atoms with Gasteiger partial charge in [-0.3, -0.25) is 14.7 Å². The fourth-order valence-corrected chi connectivity index (χ4v) is 4.69.